The number of aryl methyl sites for hydroxylation is 1. The van der Waals surface area contributed by atoms with E-state index in [9.17, 15) is 13.2 Å². The van der Waals surface area contributed by atoms with Crippen LogP contribution in [0, 0.1) is 0 Å². The van der Waals surface area contributed by atoms with Gasteiger partial charge >= 0.3 is 0 Å². The van der Waals surface area contributed by atoms with Crippen molar-refractivity contribution in [1.29, 1.82) is 0 Å². The van der Waals surface area contributed by atoms with E-state index in [-0.39, 0.29) is 10.9 Å². The smallest absolute Gasteiger partial charge is 0.279 e. The van der Waals surface area contributed by atoms with Crippen molar-refractivity contribution in [1.82, 2.24) is 8.87 Å². The fraction of sp³-hybridized carbons (Fsp3) is 0.391. The molecule has 0 aliphatic heterocycles. The molecule has 176 valence electrons. The Morgan fingerprint density at radius 2 is 1.97 bits per heavy atom. The number of fused-ring (bicyclic) bond motifs is 1. The number of carbonyl (C=O) groups excluding carboxylic acids is 1. The molecule has 3 aromatic rings. The summed E-state index contributed by atoms with van der Waals surface area (Å²) in [5.41, 5.74) is 1.36. The van der Waals surface area contributed by atoms with E-state index in [1.54, 1.807) is 18.8 Å². The normalized spacial score (nSPS) is 14.8. The Kier molecular flexibility index (Phi) is 7.28. The zero-order chi connectivity index (χ0) is 23.6. The number of thioether (sulfide) groups is 1. The molecule has 7 nitrogen and oxygen atoms in total. The van der Waals surface area contributed by atoms with Crippen LogP contribution in [0.3, 0.4) is 0 Å². The topological polar surface area (TPSA) is 81.0 Å². The summed E-state index contributed by atoms with van der Waals surface area (Å²) in [6.45, 7) is 3.25. The van der Waals surface area contributed by atoms with E-state index in [4.69, 9.17) is 4.74 Å². The van der Waals surface area contributed by atoms with E-state index in [2.05, 4.69) is 4.99 Å². The van der Waals surface area contributed by atoms with E-state index >= 15 is 0 Å². The Hall–Kier alpha value is -2.14. The molecule has 33 heavy (non-hydrogen) atoms. The van der Waals surface area contributed by atoms with Gasteiger partial charge in [-0.3, -0.25) is 4.79 Å². The summed E-state index contributed by atoms with van der Waals surface area (Å²) in [7, 11) is -1.94. The minimum absolute atomic E-state index is 0.0826. The number of sulfonamides is 1. The van der Waals surface area contributed by atoms with Gasteiger partial charge in [-0.15, -0.1) is 0 Å². The fourth-order valence-electron chi connectivity index (χ4n) is 3.52. The van der Waals surface area contributed by atoms with Gasteiger partial charge < -0.3 is 9.30 Å². The van der Waals surface area contributed by atoms with Crippen molar-refractivity contribution in [2.45, 2.75) is 37.2 Å². The summed E-state index contributed by atoms with van der Waals surface area (Å²) in [5, 5.41) is 0. The molecule has 1 aromatic heterocycles. The van der Waals surface area contributed by atoms with Crippen LogP contribution in [0.5, 0.6) is 5.75 Å². The number of amides is 1. The Morgan fingerprint density at radius 3 is 2.61 bits per heavy atom. The highest BCUT2D eigenvalue weighted by atomic mass is 32.2. The Bertz CT molecular complexity index is 1320. The highest BCUT2D eigenvalue weighted by molar-refractivity contribution is 7.98. The molecule has 1 heterocycles. The number of nitrogens with zero attached hydrogens (tertiary/aromatic N) is 3. The zero-order valence-electron chi connectivity index (χ0n) is 18.9. The van der Waals surface area contributed by atoms with Gasteiger partial charge in [-0.25, -0.2) is 8.42 Å². The molecule has 2 aromatic carbocycles. The van der Waals surface area contributed by atoms with E-state index in [1.165, 1.54) is 39.9 Å². The largest absolute Gasteiger partial charge is 0.494 e. The second-order valence-electron chi connectivity index (χ2n) is 7.79. The summed E-state index contributed by atoms with van der Waals surface area (Å²) >= 11 is 3.17. The third-order valence-electron chi connectivity index (χ3n) is 5.52. The summed E-state index contributed by atoms with van der Waals surface area (Å²) in [4.78, 5) is 18.1. The van der Waals surface area contributed by atoms with Crippen LogP contribution >= 0.6 is 23.1 Å². The number of carbonyl (C=O) groups is 1. The van der Waals surface area contributed by atoms with Crippen LogP contribution in [0.2, 0.25) is 0 Å². The van der Waals surface area contributed by atoms with Gasteiger partial charge in [0.2, 0.25) is 10.0 Å². The maximum absolute atomic E-state index is 12.9. The maximum atomic E-state index is 12.9. The first kappa shape index (κ1) is 24.0. The molecule has 0 bridgehead atoms. The molecule has 1 aliphatic carbocycles. The lowest BCUT2D eigenvalue weighted by Crippen LogP contribution is -2.28. The molecule has 0 spiro atoms. The monoisotopic (exact) mass is 505 g/mol. The lowest BCUT2D eigenvalue weighted by molar-refractivity contribution is 0.0997. The first-order valence-corrected chi connectivity index (χ1v) is 14.4. The van der Waals surface area contributed by atoms with Crippen molar-refractivity contribution in [3.8, 4) is 5.75 Å². The molecule has 4 rings (SSSR count). The average molecular weight is 506 g/mol. The molecular formula is C23H27N3O4S3. The predicted octanol–water partition coefficient (Wildman–Crippen LogP) is 3.99. The van der Waals surface area contributed by atoms with Crippen LogP contribution < -0.4 is 9.54 Å². The number of benzene rings is 2. The van der Waals surface area contributed by atoms with Gasteiger partial charge in [0.15, 0.2) is 4.80 Å². The standard InChI is InChI=1S/C23H27N3O4S3/c1-4-30-18-9-12-20-21(15-18)32-23(26(20)13-14-31-3)24-22(27)16-5-10-19(11-6-16)33(28,29)25(2)17-7-8-17/h5-6,9-12,15,17H,4,7-8,13-14H2,1-3H3. The second kappa shape index (κ2) is 10.0. The van der Waals surface area contributed by atoms with Crippen molar-refractivity contribution in [3.05, 3.63) is 52.8 Å². The molecule has 0 atom stereocenters. The summed E-state index contributed by atoms with van der Waals surface area (Å²) < 4.78 is 35.5. The number of thiazole rings is 1. The minimum Gasteiger partial charge on any atom is -0.494 e. The number of aromatic nitrogens is 1. The molecule has 0 unspecified atom stereocenters. The third-order valence-corrected chi connectivity index (χ3v) is 9.08. The van der Waals surface area contributed by atoms with Gasteiger partial charge in [-0.1, -0.05) is 11.3 Å². The van der Waals surface area contributed by atoms with Crippen LogP contribution in [0.15, 0.2) is 52.4 Å². The van der Waals surface area contributed by atoms with Crippen LogP contribution in [0.1, 0.15) is 30.1 Å². The third kappa shape index (κ3) is 5.18. The second-order valence-corrected chi connectivity index (χ2v) is 11.8. The van der Waals surface area contributed by atoms with Crippen LogP contribution in [0.25, 0.3) is 10.2 Å². The van der Waals surface area contributed by atoms with Crippen molar-refractivity contribution >= 4 is 49.2 Å². The fourth-order valence-corrected chi connectivity index (χ4v) is 6.38. The predicted molar refractivity (Wildman–Crippen MR) is 134 cm³/mol. The van der Waals surface area contributed by atoms with Gasteiger partial charge in [0.05, 0.1) is 21.7 Å². The lowest BCUT2D eigenvalue weighted by Gasteiger charge is -2.16. The van der Waals surface area contributed by atoms with Gasteiger partial charge in [-0.05, 0) is 68.5 Å². The molecular weight excluding hydrogens is 478 g/mol. The van der Waals surface area contributed by atoms with E-state index in [0.29, 0.717) is 17.0 Å². The molecule has 1 saturated carbocycles. The first-order chi connectivity index (χ1) is 15.8. The van der Waals surface area contributed by atoms with Crippen LogP contribution in [-0.4, -0.2) is 54.9 Å². The molecule has 0 N–H and O–H groups in total. The van der Waals surface area contributed by atoms with Crippen molar-refractivity contribution in [2.24, 2.45) is 4.99 Å². The van der Waals surface area contributed by atoms with Gasteiger partial charge in [0.1, 0.15) is 5.75 Å². The average Bonchev–Trinajstić information content (AvgIpc) is 3.60. The van der Waals surface area contributed by atoms with Crippen LogP contribution in [0.4, 0.5) is 0 Å². The molecule has 1 aliphatic rings. The summed E-state index contributed by atoms with van der Waals surface area (Å²) in [6.07, 6.45) is 3.83. The van der Waals surface area contributed by atoms with Gasteiger partial charge in [0.25, 0.3) is 5.91 Å². The lowest BCUT2D eigenvalue weighted by atomic mass is 10.2. The SMILES string of the molecule is CCOc1ccc2c(c1)sc(=NC(=O)c1ccc(S(=O)(=O)N(C)C3CC3)cc1)n2CCSC. The Balaban J connectivity index is 1.66. The minimum atomic E-state index is -3.55. The number of hydrogen-bond donors (Lipinski definition) is 0. The van der Waals surface area contributed by atoms with E-state index in [1.807, 2.05) is 35.9 Å². The van der Waals surface area contributed by atoms with E-state index < -0.39 is 15.9 Å². The summed E-state index contributed by atoms with van der Waals surface area (Å²) in [5.74, 6) is 1.28. The summed E-state index contributed by atoms with van der Waals surface area (Å²) in [6, 6.07) is 12.0. The molecule has 1 amide bonds. The zero-order valence-corrected chi connectivity index (χ0v) is 21.3. The van der Waals surface area contributed by atoms with Gasteiger partial charge in [-0.2, -0.15) is 21.1 Å². The Labute approximate surface area is 202 Å². The van der Waals surface area contributed by atoms with Gasteiger partial charge in [0, 0.05) is 31.0 Å². The number of rotatable bonds is 9. The highest BCUT2D eigenvalue weighted by Gasteiger charge is 2.35. The Morgan fingerprint density at radius 1 is 1.24 bits per heavy atom. The van der Waals surface area contributed by atoms with Crippen molar-refractivity contribution in [2.75, 3.05) is 25.7 Å². The first-order valence-electron chi connectivity index (χ1n) is 10.8. The quantitative estimate of drug-likeness (QED) is 0.439. The molecule has 0 saturated heterocycles. The molecule has 10 heteroatoms. The van der Waals surface area contributed by atoms with Crippen molar-refractivity contribution in [3.63, 3.8) is 0 Å². The number of hydrogen-bond acceptors (Lipinski definition) is 6. The highest BCUT2D eigenvalue weighted by Crippen LogP contribution is 2.30. The van der Waals surface area contributed by atoms with Crippen molar-refractivity contribution < 1.29 is 17.9 Å². The number of ether oxygens (including phenoxy) is 1. The van der Waals surface area contributed by atoms with Crippen LogP contribution in [-0.2, 0) is 16.6 Å². The molecule has 1 fully saturated rings. The van der Waals surface area contributed by atoms with E-state index in [0.717, 1.165) is 41.1 Å². The maximum Gasteiger partial charge on any atom is 0.279 e. The molecule has 0 radical (unpaired) electrons.